The molecule has 1 amide bonds. The normalized spacial score (nSPS) is 11.4. The fourth-order valence-electron chi connectivity index (χ4n) is 1.27. The molecule has 5 heteroatoms. The number of thiophene rings is 1. The highest BCUT2D eigenvalue weighted by atomic mass is 32.1. The van der Waals surface area contributed by atoms with Gasteiger partial charge in [0.25, 0.3) is 0 Å². The van der Waals surface area contributed by atoms with Crippen LogP contribution in [0, 0.1) is 37.5 Å². The standard InChI is InChI=1S/C12H13N3OS/c1-4-5-10(14)11(16)15-12-9(6-13)7(2)8(3)17-12/h1,10H,5,14H2,2-3H3,(H,15,16). The smallest absolute Gasteiger partial charge is 0.242 e. The minimum Gasteiger partial charge on any atom is -0.319 e. The summed E-state index contributed by atoms with van der Waals surface area (Å²) in [6.07, 6.45) is 5.26. The molecular formula is C12H13N3OS. The molecule has 0 aromatic carbocycles. The van der Waals surface area contributed by atoms with Crippen molar-refractivity contribution in [2.45, 2.75) is 26.3 Å². The maximum absolute atomic E-state index is 11.7. The lowest BCUT2D eigenvalue weighted by Crippen LogP contribution is -2.35. The summed E-state index contributed by atoms with van der Waals surface area (Å²) in [5.41, 5.74) is 6.96. The Morgan fingerprint density at radius 3 is 2.82 bits per heavy atom. The number of carbonyl (C=O) groups is 1. The third-order valence-corrected chi connectivity index (χ3v) is 3.53. The van der Waals surface area contributed by atoms with E-state index in [-0.39, 0.29) is 12.3 Å². The molecule has 1 heterocycles. The Bertz CT molecular complexity index is 519. The van der Waals surface area contributed by atoms with Gasteiger partial charge in [-0.05, 0) is 19.4 Å². The summed E-state index contributed by atoms with van der Waals surface area (Å²) < 4.78 is 0. The first-order valence-corrected chi connectivity index (χ1v) is 5.82. The summed E-state index contributed by atoms with van der Waals surface area (Å²) in [5, 5.41) is 12.2. The third kappa shape index (κ3) is 2.85. The van der Waals surface area contributed by atoms with E-state index in [1.54, 1.807) is 0 Å². The number of amides is 1. The van der Waals surface area contributed by atoms with Gasteiger partial charge in [0, 0.05) is 11.3 Å². The maximum atomic E-state index is 11.7. The molecule has 0 bridgehead atoms. The van der Waals surface area contributed by atoms with E-state index in [1.807, 2.05) is 13.8 Å². The number of nitriles is 1. The van der Waals surface area contributed by atoms with Crippen molar-refractivity contribution in [3.8, 4) is 18.4 Å². The Hall–Kier alpha value is -1.82. The van der Waals surface area contributed by atoms with Crippen molar-refractivity contribution in [3.05, 3.63) is 16.0 Å². The van der Waals surface area contributed by atoms with Crippen LogP contribution < -0.4 is 11.1 Å². The van der Waals surface area contributed by atoms with Crippen molar-refractivity contribution in [1.29, 1.82) is 5.26 Å². The Balaban J connectivity index is 2.90. The number of hydrogen-bond donors (Lipinski definition) is 2. The van der Waals surface area contributed by atoms with Crippen molar-refractivity contribution in [2.24, 2.45) is 5.73 Å². The average Bonchev–Trinajstić information content (AvgIpc) is 2.54. The maximum Gasteiger partial charge on any atom is 0.242 e. The van der Waals surface area contributed by atoms with Gasteiger partial charge in [0.05, 0.1) is 11.6 Å². The molecule has 0 saturated heterocycles. The van der Waals surface area contributed by atoms with Crippen LogP contribution >= 0.6 is 11.3 Å². The van der Waals surface area contributed by atoms with Gasteiger partial charge in [0.1, 0.15) is 11.1 Å². The predicted octanol–water partition coefficient (Wildman–Crippen LogP) is 1.53. The topological polar surface area (TPSA) is 78.9 Å². The van der Waals surface area contributed by atoms with Crippen LogP contribution in [-0.4, -0.2) is 11.9 Å². The number of hydrogen-bond acceptors (Lipinski definition) is 4. The van der Waals surface area contributed by atoms with E-state index in [0.717, 1.165) is 10.4 Å². The summed E-state index contributed by atoms with van der Waals surface area (Å²) >= 11 is 1.37. The van der Waals surface area contributed by atoms with Crippen molar-refractivity contribution < 1.29 is 4.79 Å². The molecule has 0 aliphatic rings. The third-order valence-electron chi connectivity index (χ3n) is 2.41. The van der Waals surface area contributed by atoms with Gasteiger partial charge in [-0.25, -0.2) is 0 Å². The molecule has 0 aliphatic heterocycles. The Morgan fingerprint density at radius 1 is 1.65 bits per heavy atom. The number of nitrogens with one attached hydrogen (secondary N) is 1. The Morgan fingerprint density at radius 2 is 2.29 bits per heavy atom. The van der Waals surface area contributed by atoms with Gasteiger partial charge in [0.15, 0.2) is 0 Å². The molecule has 0 spiro atoms. The zero-order valence-corrected chi connectivity index (χ0v) is 10.5. The van der Waals surface area contributed by atoms with E-state index in [4.69, 9.17) is 17.4 Å². The van der Waals surface area contributed by atoms with Crippen molar-refractivity contribution in [1.82, 2.24) is 0 Å². The zero-order chi connectivity index (χ0) is 13.0. The lowest BCUT2D eigenvalue weighted by Gasteiger charge is -2.08. The largest absolute Gasteiger partial charge is 0.319 e. The van der Waals surface area contributed by atoms with Gasteiger partial charge in [-0.15, -0.1) is 23.7 Å². The fraction of sp³-hybridized carbons (Fsp3) is 0.333. The van der Waals surface area contributed by atoms with Crippen LogP contribution in [0.25, 0.3) is 0 Å². The van der Waals surface area contributed by atoms with Crippen molar-refractivity contribution in [3.63, 3.8) is 0 Å². The molecule has 0 fully saturated rings. The van der Waals surface area contributed by atoms with Crippen molar-refractivity contribution >= 4 is 22.2 Å². The van der Waals surface area contributed by atoms with E-state index in [1.165, 1.54) is 11.3 Å². The lowest BCUT2D eigenvalue weighted by atomic mass is 10.2. The van der Waals surface area contributed by atoms with E-state index >= 15 is 0 Å². The predicted molar refractivity (Wildman–Crippen MR) is 68.6 cm³/mol. The molecule has 0 saturated carbocycles. The van der Waals surface area contributed by atoms with E-state index in [0.29, 0.717) is 10.6 Å². The summed E-state index contributed by atoms with van der Waals surface area (Å²) in [6.45, 7) is 3.75. The lowest BCUT2D eigenvalue weighted by molar-refractivity contribution is -0.117. The van der Waals surface area contributed by atoms with Crippen LogP contribution in [0.3, 0.4) is 0 Å². The fourth-order valence-corrected chi connectivity index (χ4v) is 2.29. The summed E-state index contributed by atoms with van der Waals surface area (Å²) in [5.74, 6) is 1.97. The number of nitrogens with zero attached hydrogens (tertiary/aromatic N) is 1. The quantitative estimate of drug-likeness (QED) is 0.795. The summed E-state index contributed by atoms with van der Waals surface area (Å²) in [7, 11) is 0. The molecule has 4 nitrogen and oxygen atoms in total. The first kappa shape index (κ1) is 13.2. The number of anilines is 1. The first-order valence-electron chi connectivity index (χ1n) is 5.01. The number of carbonyl (C=O) groups excluding carboxylic acids is 1. The molecular weight excluding hydrogens is 234 g/mol. The van der Waals surface area contributed by atoms with Crippen LogP contribution in [-0.2, 0) is 4.79 Å². The first-order chi connectivity index (χ1) is 8.01. The average molecular weight is 247 g/mol. The van der Waals surface area contributed by atoms with Gasteiger partial charge in [0.2, 0.25) is 5.91 Å². The molecule has 1 atom stereocenters. The molecule has 1 unspecified atom stereocenters. The zero-order valence-electron chi connectivity index (χ0n) is 9.70. The molecule has 0 aliphatic carbocycles. The van der Waals surface area contributed by atoms with Gasteiger partial charge in [-0.1, -0.05) is 0 Å². The molecule has 1 aromatic heterocycles. The minimum atomic E-state index is -0.741. The summed E-state index contributed by atoms with van der Waals surface area (Å²) in [4.78, 5) is 12.7. The van der Waals surface area contributed by atoms with Crippen LogP contribution in [0.5, 0.6) is 0 Å². The number of nitrogens with two attached hydrogens (primary N) is 1. The molecule has 1 aromatic rings. The SMILES string of the molecule is C#CCC(N)C(=O)Nc1sc(C)c(C)c1C#N. The second-order valence-electron chi connectivity index (χ2n) is 3.60. The van der Waals surface area contributed by atoms with Crippen LogP contribution in [0.2, 0.25) is 0 Å². The minimum absolute atomic E-state index is 0.178. The molecule has 0 radical (unpaired) electrons. The number of terminal acetylenes is 1. The van der Waals surface area contributed by atoms with E-state index < -0.39 is 6.04 Å². The van der Waals surface area contributed by atoms with Crippen LogP contribution in [0.4, 0.5) is 5.00 Å². The van der Waals surface area contributed by atoms with E-state index in [2.05, 4.69) is 17.3 Å². The molecule has 88 valence electrons. The molecule has 3 N–H and O–H groups in total. The highest BCUT2D eigenvalue weighted by Gasteiger charge is 2.17. The van der Waals surface area contributed by atoms with Gasteiger partial charge in [-0.3, -0.25) is 4.79 Å². The van der Waals surface area contributed by atoms with Crippen LogP contribution in [0.15, 0.2) is 0 Å². The second kappa shape index (κ2) is 5.49. The highest BCUT2D eigenvalue weighted by molar-refractivity contribution is 7.16. The highest BCUT2D eigenvalue weighted by Crippen LogP contribution is 2.31. The van der Waals surface area contributed by atoms with Crippen molar-refractivity contribution in [2.75, 3.05) is 5.32 Å². The monoisotopic (exact) mass is 247 g/mol. The van der Waals surface area contributed by atoms with Crippen LogP contribution in [0.1, 0.15) is 22.4 Å². The van der Waals surface area contributed by atoms with Gasteiger partial charge < -0.3 is 11.1 Å². The molecule has 1 rings (SSSR count). The summed E-state index contributed by atoms with van der Waals surface area (Å²) in [6, 6.07) is 1.33. The number of rotatable bonds is 3. The van der Waals surface area contributed by atoms with Gasteiger partial charge >= 0.3 is 0 Å². The van der Waals surface area contributed by atoms with E-state index in [9.17, 15) is 4.79 Å². The number of aryl methyl sites for hydroxylation is 1. The van der Waals surface area contributed by atoms with Gasteiger partial charge in [-0.2, -0.15) is 5.26 Å². The Kier molecular flexibility index (Phi) is 4.28. The Labute approximate surface area is 104 Å². The molecule has 17 heavy (non-hydrogen) atoms. The second-order valence-corrected chi connectivity index (χ2v) is 4.83.